The Balaban J connectivity index is 1.75. The van der Waals surface area contributed by atoms with Crippen molar-refractivity contribution in [3.8, 4) is 0 Å². The van der Waals surface area contributed by atoms with Gasteiger partial charge in [-0.15, -0.1) is 11.8 Å². The van der Waals surface area contributed by atoms with Crippen LogP contribution in [0.25, 0.3) is 0 Å². The van der Waals surface area contributed by atoms with Gasteiger partial charge in [0.05, 0.1) is 4.90 Å². The van der Waals surface area contributed by atoms with Crippen molar-refractivity contribution in [3.05, 3.63) is 59.7 Å². The molecule has 23 heavy (non-hydrogen) atoms. The van der Waals surface area contributed by atoms with E-state index in [0.717, 1.165) is 17.9 Å². The van der Waals surface area contributed by atoms with E-state index >= 15 is 0 Å². The van der Waals surface area contributed by atoms with Crippen LogP contribution in [0.5, 0.6) is 0 Å². The summed E-state index contributed by atoms with van der Waals surface area (Å²) < 4.78 is 27.8. The second-order valence-corrected chi connectivity index (χ2v) is 8.13. The molecule has 1 aliphatic heterocycles. The van der Waals surface area contributed by atoms with Gasteiger partial charge in [0.25, 0.3) is 0 Å². The number of fused-ring (bicyclic) bond motifs is 1. The van der Waals surface area contributed by atoms with Crippen molar-refractivity contribution in [2.45, 2.75) is 22.3 Å². The Morgan fingerprint density at radius 2 is 2.04 bits per heavy atom. The highest BCUT2D eigenvalue weighted by molar-refractivity contribution is 7.98. The first-order chi connectivity index (χ1) is 11.1. The first-order valence-electron chi connectivity index (χ1n) is 7.55. The molecule has 0 aliphatic carbocycles. The van der Waals surface area contributed by atoms with Gasteiger partial charge < -0.3 is 5.32 Å². The van der Waals surface area contributed by atoms with E-state index < -0.39 is 10.0 Å². The van der Waals surface area contributed by atoms with E-state index in [1.54, 1.807) is 18.2 Å². The molecular weight excluding hydrogens is 328 g/mol. The fourth-order valence-electron chi connectivity index (χ4n) is 2.82. The summed E-state index contributed by atoms with van der Waals surface area (Å²) in [6, 6.07) is 15.2. The third kappa shape index (κ3) is 3.77. The fourth-order valence-corrected chi connectivity index (χ4v) is 4.45. The highest BCUT2D eigenvalue weighted by Crippen LogP contribution is 2.23. The van der Waals surface area contributed by atoms with E-state index in [4.69, 9.17) is 0 Å². The monoisotopic (exact) mass is 348 g/mol. The minimum Gasteiger partial charge on any atom is -0.308 e. The van der Waals surface area contributed by atoms with Crippen molar-refractivity contribution in [1.82, 2.24) is 10.0 Å². The molecule has 1 heterocycles. The van der Waals surface area contributed by atoms with Crippen LogP contribution in [-0.4, -0.2) is 27.8 Å². The summed E-state index contributed by atoms with van der Waals surface area (Å²) >= 11 is 1.53. The molecule has 6 heteroatoms. The third-order valence-electron chi connectivity index (χ3n) is 4.04. The van der Waals surface area contributed by atoms with Gasteiger partial charge in [0.1, 0.15) is 0 Å². The lowest BCUT2D eigenvalue weighted by Gasteiger charge is -2.27. The van der Waals surface area contributed by atoms with Crippen LogP contribution in [-0.2, 0) is 16.4 Å². The number of nitrogens with one attached hydrogen (secondary N) is 2. The van der Waals surface area contributed by atoms with Crippen molar-refractivity contribution in [3.63, 3.8) is 0 Å². The summed E-state index contributed by atoms with van der Waals surface area (Å²) in [7, 11) is -3.50. The van der Waals surface area contributed by atoms with Crippen LogP contribution in [0.4, 0.5) is 0 Å². The van der Waals surface area contributed by atoms with Crippen molar-refractivity contribution >= 4 is 21.8 Å². The Morgan fingerprint density at radius 3 is 2.87 bits per heavy atom. The number of thioether (sulfide) groups is 1. The van der Waals surface area contributed by atoms with Crippen molar-refractivity contribution < 1.29 is 8.42 Å². The number of hydrogen-bond donors (Lipinski definition) is 2. The topological polar surface area (TPSA) is 58.2 Å². The van der Waals surface area contributed by atoms with Crippen LogP contribution in [0.2, 0.25) is 0 Å². The van der Waals surface area contributed by atoms with Gasteiger partial charge in [0.15, 0.2) is 0 Å². The molecule has 4 nitrogen and oxygen atoms in total. The molecule has 0 fully saturated rings. The largest absolute Gasteiger partial charge is 0.308 e. The number of hydrogen-bond acceptors (Lipinski definition) is 4. The fraction of sp³-hybridized carbons (Fsp3) is 0.294. The van der Waals surface area contributed by atoms with Crippen molar-refractivity contribution in [1.29, 1.82) is 0 Å². The summed E-state index contributed by atoms with van der Waals surface area (Å²) in [6.07, 6.45) is 2.91. The average molecular weight is 348 g/mol. The molecule has 0 aromatic heterocycles. The second kappa shape index (κ2) is 7.05. The molecule has 0 bridgehead atoms. The molecule has 1 atom stereocenters. The quantitative estimate of drug-likeness (QED) is 0.816. The maximum absolute atomic E-state index is 12.5. The van der Waals surface area contributed by atoms with E-state index in [1.165, 1.54) is 22.9 Å². The second-order valence-electron chi connectivity index (χ2n) is 5.49. The van der Waals surface area contributed by atoms with Gasteiger partial charge in [0, 0.05) is 17.5 Å². The first-order valence-corrected chi connectivity index (χ1v) is 10.3. The molecular formula is C17H20N2O2S2. The zero-order valence-corrected chi connectivity index (χ0v) is 14.6. The summed E-state index contributed by atoms with van der Waals surface area (Å²) in [5, 5.41) is 3.39. The van der Waals surface area contributed by atoms with Crippen LogP contribution in [0, 0.1) is 0 Å². The smallest absolute Gasteiger partial charge is 0.240 e. The van der Waals surface area contributed by atoms with Gasteiger partial charge in [-0.05, 0) is 48.5 Å². The van der Waals surface area contributed by atoms with E-state index in [9.17, 15) is 8.42 Å². The Morgan fingerprint density at radius 1 is 1.22 bits per heavy atom. The lowest BCUT2D eigenvalue weighted by atomic mass is 9.95. The molecule has 1 unspecified atom stereocenters. The lowest BCUT2D eigenvalue weighted by Crippen LogP contribution is -2.38. The summed E-state index contributed by atoms with van der Waals surface area (Å²) in [5.41, 5.74) is 2.47. The molecule has 122 valence electrons. The SMILES string of the molecule is CSc1cccc(S(=O)(=O)NCC2NCCc3ccccc32)c1. The van der Waals surface area contributed by atoms with Gasteiger partial charge in [-0.1, -0.05) is 30.3 Å². The van der Waals surface area contributed by atoms with Crippen LogP contribution in [0.1, 0.15) is 17.2 Å². The highest BCUT2D eigenvalue weighted by atomic mass is 32.2. The molecule has 0 amide bonds. The Labute approximate surface area is 141 Å². The molecule has 3 rings (SSSR count). The van der Waals surface area contributed by atoms with Crippen LogP contribution >= 0.6 is 11.8 Å². The van der Waals surface area contributed by atoms with Gasteiger partial charge >= 0.3 is 0 Å². The van der Waals surface area contributed by atoms with E-state index in [-0.39, 0.29) is 6.04 Å². The third-order valence-corrected chi connectivity index (χ3v) is 6.19. The standard InChI is InChI=1S/C17H20N2O2S2/c1-22-14-6-4-7-15(11-14)23(20,21)19-12-17-16-8-3-2-5-13(16)9-10-18-17/h2-8,11,17-19H,9-10,12H2,1H3. The minimum absolute atomic E-state index is 0.0125. The Kier molecular flexibility index (Phi) is 5.06. The minimum atomic E-state index is -3.50. The first kappa shape index (κ1) is 16.5. The number of sulfonamides is 1. The lowest BCUT2D eigenvalue weighted by molar-refractivity contribution is 0.491. The molecule has 0 saturated carbocycles. The zero-order valence-electron chi connectivity index (χ0n) is 13.0. The van der Waals surface area contributed by atoms with Crippen LogP contribution < -0.4 is 10.0 Å². The van der Waals surface area contributed by atoms with Crippen molar-refractivity contribution in [2.24, 2.45) is 0 Å². The molecule has 0 saturated heterocycles. The molecule has 1 aliphatic rings. The maximum atomic E-state index is 12.5. The maximum Gasteiger partial charge on any atom is 0.240 e. The van der Waals surface area contributed by atoms with E-state index in [0.29, 0.717) is 11.4 Å². The van der Waals surface area contributed by atoms with E-state index in [2.05, 4.69) is 22.2 Å². The van der Waals surface area contributed by atoms with E-state index in [1.807, 2.05) is 24.5 Å². The predicted molar refractivity (Wildman–Crippen MR) is 94.3 cm³/mol. The molecule has 2 aromatic carbocycles. The average Bonchev–Trinajstić information content (AvgIpc) is 2.60. The highest BCUT2D eigenvalue weighted by Gasteiger charge is 2.22. The molecule has 0 spiro atoms. The summed E-state index contributed by atoms with van der Waals surface area (Å²) in [5.74, 6) is 0. The van der Waals surface area contributed by atoms with Gasteiger partial charge in [-0.2, -0.15) is 0 Å². The van der Waals surface area contributed by atoms with Gasteiger partial charge in [0.2, 0.25) is 10.0 Å². The predicted octanol–water partition coefficient (Wildman–Crippen LogP) is 2.57. The Bertz CT molecular complexity index is 791. The summed E-state index contributed by atoms with van der Waals surface area (Å²) in [6.45, 7) is 1.22. The van der Waals surface area contributed by atoms with Gasteiger partial charge in [-0.25, -0.2) is 13.1 Å². The normalized spacial score (nSPS) is 17.7. The van der Waals surface area contributed by atoms with Crippen molar-refractivity contribution in [2.75, 3.05) is 19.3 Å². The van der Waals surface area contributed by atoms with Gasteiger partial charge in [-0.3, -0.25) is 0 Å². The Hall–Kier alpha value is -1.34. The number of rotatable bonds is 5. The van der Waals surface area contributed by atoms with Crippen LogP contribution in [0.3, 0.4) is 0 Å². The molecule has 2 N–H and O–H groups in total. The summed E-state index contributed by atoms with van der Waals surface area (Å²) in [4.78, 5) is 1.25. The number of benzene rings is 2. The zero-order chi connectivity index (χ0) is 16.3. The molecule has 0 radical (unpaired) electrons. The molecule has 2 aromatic rings. The van der Waals surface area contributed by atoms with Crippen LogP contribution in [0.15, 0.2) is 58.3 Å².